The molecule has 9 heavy (non-hydrogen) atoms. The zero-order valence-electron chi connectivity index (χ0n) is 6.53. The highest BCUT2D eigenvalue weighted by atomic mass is 16.6. The first-order valence-corrected chi connectivity index (χ1v) is 3.51. The number of hydrogen-bond acceptors (Lipinski definition) is 1. The highest BCUT2D eigenvalue weighted by Crippen LogP contribution is 2.49. The Balaban J connectivity index is 2.42. The van der Waals surface area contributed by atoms with E-state index < -0.39 is 0 Å². The predicted octanol–water partition coefficient (Wildman–Crippen LogP) is 2.17. The standard InChI is InChI=1S/C8H15O/c1-5-6-8(4)7(2,3)9-8/h1,5-6H2,2-4H3. The summed E-state index contributed by atoms with van der Waals surface area (Å²) < 4.78 is 5.49. The van der Waals surface area contributed by atoms with Crippen LogP contribution in [-0.4, -0.2) is 11.2 Å². The van der Waals surface area contributed by atoms with Crippen molar-refractivity contribution in [2.45, 2.75) is 44.8 Å². The summed E-state index contributed by atoms with van der Waals surface area (Å²) in [5.41, 5.74) is 0.249. The Labute approximate surface area is 57.4 Å². The van der Waals surface area contributed by atoms with Gasteiger partial charge in [0.25, 0.3) is 0 Å². The monoisotopic (exact) mass is 127 g/mol. The zero-order chi connectivity index (χ0) is 7.12. The van der Waals surface area contributed by atoms with Gasteiger partial charge in [-0.05, 0) is 27.2 Å². The summed E-state index contributed by atoms with van der Waals surface area (Å²) in [4.78, 5) is 0. The summed E-state index contributed by atoms with van der Waals surface area (Å²) in [7, 11) is 0. The van der Waals surface area contributed by atoms with Gasteiger partial charge in [0.05, 0.1) is 11.2 Å². The Morgan fingerprint density at radius 3 is 1.89 bits per heavy atom. The highest BCUT2D eigenvalue weighted by molar-refractivity contribution is 5.07. The normalized spacial score (nSPS) is 38.7. The van der Waals surface area contributed by atoms with E-state index in [-0.39, 0.29) is 11.2 Å². The average Bonchev–Trinajstić information content (AvgIpc) is 2.07. The van der Waals surface area contributed by atoms with Crippen LogP contribution in [-0.2, 0) is 4.74 Å². The molecule has 1 heterocycles. The van der Waals surface area contributed by atoms with Crippen molar-refractivity contribution < 1.29 is 4.74 Å². The van der Waals surface area contributed by atoms with Gasteiger partial charge in [-0.3, -0.25) is 0 Å². The molecule has 1 unspecified atom stereocenters. The van der Waals surface area contributed by atoms with Gasteiger partial charge in [-0.25, -0.2) is 0 Å². The van der Waals surface area contributed by atoms with Gasteiger partial charge in [-0.15, -0.1) is 0 Å². The maximum Gasteiger partial charge on any atom is 0.0946 e. The van der Waals surface area contributed by atoms with Gasteiger partial charge in [0.1, 0.15) is 0 Å². The molecule has 1 fully saturated rings. The summed E-state index contributed by atoms with van der Waals surface area (Å²) in [5.74, 6) is 0. The van der Waals surface area contributed by atoms with Crippen LogP contribution in [0.15, 0.2) is 0 Å². The molecule has 1 rings (SSSR count). The molecule has 0 aromatic heterocycles. The summed E-state index contributed by atoms with van der Waals surface area (Å²) >= 11 is 0. The molecule has 1 nitrogen and oxygen atoms in total. The van der Waals surface area contributed by atoms with Crippen molar-refractivity contribution in [1.29, 1.82) is 0 Å². The fourth-order valence-corrected chi connectivity index (χ4v) is 1.23. The quantitative estimate of drug-likeness (QED) is 0.518. The fourth-order valence-electron chi connectivity index (χ4n) is 1.23. The SMILES string of the molecule is [CH2]CCC1(C)OC1(C)C. The maximum atomic E-state index is 5.49. The number of rotatable bonds is 2. The lowest BCUT2D eigenvalue weighted by molar-refractivity contribution is 0.278. The van der Waals surface area contributed by atoms with Crippen LogP contribution in [0.2, 0.25) is 0 Å². The summed E-state index contributed by atoms with van der Waals surface area (Å²) in [6, 6.07) is 0. The van der Waals surface area contributed by atoms with Gasteiger partial charge in [0.2, 0.25) is 0 Å². The molecule has 0 aromatic carbocycles. The van der Waals surface area contributed by atoms with Gasteiger partial charge >= 0.3 is 0 Å². The van der Waals surface area contributed by atoms with E-state index >= 15 is 0 Å². The molecular weight excluding hydrogens is 112 g/mol. The second-order valence-electron chi connectivity index (χ2n) is 3.45. The third-order valence-electron chi connectivity index (χ3n) is 2.37. The minimum absolute atomic E-state index is 0.116. The molecule has 1 atom stereocenters. The first kappa shape index (κ1) is 7.07. The Morgan fingerprint density at radius 2 is 1.78 bits per heavy atom. The smallest absolute Gasteiger partial charge is 0.0946 e. The molecule has 1 aliphatic heterocycles. The van der Waals surface area contributed by atoms with Gasteiger partial charge < -0.3 is 4.74 Å². The average molecular weight is 127 g/mol. The van der Waals surface area contributed by atoms with Crippen molar-refractivity contribution in [2.75, 3.05) is 0 Å². The molecule has 53 valence electrons. The van der Waals surface area contributed by atoms with E-state index in [0.29, 0.717) is 0 Å². The van der Waals surface area contributed by atoms with Crippen molar-refractivity contribution in [3.63, 3.8) is 0 Å². The number of epoxide rings is 1. The zero-order valence-corrected chi connectivity index (χ0v) is 6.53. The molecule has 0 saturated carbocycles. The summed E-state index contributed by atoms with van der Waals surface area (Å²) in [6.07, 6.45) is 2.06. The van der Waals surface area contributed by atoms with Crippen molar-refractivity contribution in [3.8, 4) is 0 Å². The van der Waals surface area contributed by atoms with E-state index in [4.69, 9.17) is 4.74 Å². The topological polar surface area (TPSA) is 12.5 Å². The van der Waals surface area contributed by atoms with Crippen LogP contribution in [0.25, 0.3) is 0 Å². The molecule has 0 N–H and O–H groups in total. The minimum atomic E-state index is 0.116. The molecule has 1 heteroatoms. The molecule has 0 amide bonds. The maximum absolute atomic E-state index is 5.49. The second kappa shape index (κ2) is 1.72. The molecule has 0 spiro atoms. The Morgan fingerprint density at radius 1 is 1.33 bits per heavy atom. The summed E-state index contributed by atoms with van der Waals surface area (Å²) in [5, 5.41) is 0. The minimum Gasteiger partial charge on any atom is -0.363 e. The van der Waals surface area contributed by atoms with Gasteiger partial charge in [-0.1, -0.05) is 13.3 Å². The van der Waals surface area contributed by atoms with E-state index in [2.05, 4.69) is 27.7 Å². The Bertz CT molecular complexity index is 118. The van der Waals surface area contributed by atoms with Gasteiger partial charge in [0, 0.05) is 0 Å². The third kappa shape index (κ3) is 0.983. The molecule has 0 aromatic rings. The van der Waals surface area contributed by atoms with Crippen molar-refractivity contribution in [1.82, 2.24) is 0 Å². The number of ether oxygens (including phenoxy) is 1. The van der Waals surface area contributed by atoms with E-state index in [1.54, 1.807) is 0 Å². The van der Waals surface area contributed by atoms with Crippen LogP contribution in [0.5, 0.6) is 0 Å². The van der Waals surface area contributed by atoms with Crippen molar-refractivity contribution in [3.05, 3.63) is 6.92 Å². The lowest BCUT2D eigenvalue weighted by Crippen LogP contribution is -2.15. The largest absolute Gasteiger partial charge is 0.363 e. The second-order valence-corrected chi connectivity index (χ2v) is 3.45. The van der Waals surface area contributed by atoms with E-state index in [9.17, 15) is 0 Å². The van der Waals surface area contributed by atoms with Crippen LogP contribution in [0.3, 0.4) is 0 Å². The van der Waals surface area contributed by atoms with Crippen molar-refractivity contribution in [2.24, 2.45) is 0 Å². The molecular formula is C8H15O. The van der Waals surface area contributed by atoms with Crippen LogP contribution in [0, 0.1) is 6.92 Å². The molecule has 0 aliphatic carbocycles. The first-order valence-electron chi connectivity index (χ1n) is 3.51. The third-order valence-corrected chi connectivity index (χ3v) is 2.37. The highest BCUT2D eigenvalue weighted by Gasteiger charge is 2.58. The Kier molecular flexibility index (Phi) is 1.35. The predicted molar refractivity (Wildman–Crippen MR) is 38.2 cm³/mol. The van der Waals surface area contributed by atoms with Crippen LogP contribution >= 0.6 is 0 Å². The lowest BCUT2D eigenvalue weighted by atomic mass is 9.94. The molecule has 0 bridgehead atoms. The summed E-state index contributed by atoms with van der Waals surface area (Å²) in [6.45, 7) is 10.2. The van der Waals surface area contributed by atoms with Crippen LogP contribution in [0.4, 0.5) is 0 Å². The first-order chi connectivity index (χ1) is 4.02. The van der Waals surface area contributed by atoms with E-state index in [1.807, 2.05) is 0 Å². The Hall–Kier alpha value is -0.0400. The van der Waals surface area contributed by atoms with E-state index in [1.165, 1.54) is 0 Å². The molecule has 1 aliphatic rings. The van der Waals surface area contributed by atoms with Crippen LogP contribution in [0.1, 0.15) is 33.6 Å². The van der Waals surface area contributed by atoms with Crippen molar-refractivity contribution >= 4 is 0 Å². The van der Waals surface area contributed by atoms with Gasteiger partial charge in [-0.2, -0.15) is 0 Å². The number of hydrogen-bond donors (Lipinski definition) is 0. The fraction of sp³-hybridized carbons (Fsp3) is 0.875. The van der Waals surface area contributed by atoms with E-state index in [0.717, 1.165) is 12.8 Å². The molecule has 1 radical (unpaired) electrons. The van der Waals surface area contributed by atoms with Crippen LogP contribution < -0.4 is 0 Å². The van der Waals surface area contributed by atoms with Gasteiger partial charge in [0.15, 0.2) is 0 Å². The lowest BCUT2D eigenvalue weighted by Gasteiger charge is -2.04. The molecule has 1 saturated heterocycles.